The summed E-state index contributed by atoms with van der Waals surface area (Å²) in [5, 5.41) is 5.97. The minimum Gasteiger partial charge on any atom is -0.337 e. The number of carbonyl (C=O) groups excluding carboxylic acids is 1. The number of hydrogen-bond acceptors (Lipinski definition) is 6. The lowest BCUT2D eigenvalue weighted by Gasteiger charge is -2.18. The molecule has 0 aliphatic heterocycles. The summed E-state index contributed by atoms with van der Waals surface area (Å²) < 4.78 is 5.30. The van der Waals surface area contributed by atoms with Crippen LogP contribution >= 0.6 is 23.1 Å². The van der Waals surface area contributed by atoms with Crippen molar-refractivity contribution in [3.05, 3.63) is 58.8 Å². The highest BCUT2D eigenvalue weighted by atomic mass is 32.2. The fourth-order valence-corrected chi connectivity index (χ4v) is 3.93. The average Bonchev–Trinajstić information content (AvgIpc) is 3.32. The van der Waals surface area contributed by atoms with E-state index in [1.165, 1.54) is 11.1 Å². The summed E-state index contributed by atoms with van der Waals surface area (Å²) in [6.07, 6.45) is 0. The fourth-order valence-electron chi connectivity index (χ4n) is 2.40. The van der Waals surface area contributed by atoms with Crippen molar-refractivity contribution in [1.82, 2.24) is 15.0 Å². The number of rotatable bonds is 8. The second-order valence-electron chi connectivity index (χ2n) is 5.88. The van der Waals surface area contributed by atoms with Gasteiger partial charge in [0.15, 0.2) is 0 Å². The van der Waals surface area contributed by atoms with Crippen LogP contribution in [0.15, 0.2) is 46.3 Å². The molecule has 0 radical (unpaired) electrons. The smallest absolute Gasteiger partial charge is 0.246 e. The molecule has 7 heteroatoms. The second kappa shape index (κ2) is 9.00. The van der Waals surface area contributed by atoms with Gasteiger partial charge in [-0.15, -0.1) is 23.1 Å². The van der Waals surface area contributed by atoms with E-state index in [-0.39, 0.29) is 5.91 Å². The van der Waals surface area contributed by atoms with Crippen LogP contribution < -0.4 is 0 Å². The normalized spacial score (nSPS) is 10.8. The number of nitrogens with zero attached hydrogens (tertiary/aromatic N) is 3. The van der Waals surface area contributed by atoms with Crippen LogP contribution in [0.1, 0.15) is 23.9 Å². The molecule has 0 bridgehead atoms. The van der Waals surface area contributed by atoms with Crippen molar-refractivity contribution in [2.75, 3.05) is 12.3 Å². The molecule has 0 atom stereocenters. The number of aromatic nitrogens is 2. The zero-order valence-corrected chi connectivity index (χ0v) is 16.5. The first-order valence-corrected chi connectivity index (χ1v) is 10.5. The molecule has 1 amide bonds. The highest BCUT2D eigenvalue weighted by Crippen LogP contribution is 2.22. The molecule has 0 aliphatic rings. The molecule has 0 spiro atoms. The molecule has 136 valence electrons. The zero-order valence-electron chi connectivity index (χ0n) is 14.8. The molecule has 1 aromatic carbocycles. The van der Waals surface area contributed by atoms with Gasteiger partial charge in [0.1, 0.15) is 0 Å². The van der Waals surface area contributed by atoms with Crippen LogP contribution in [0, 0.1) is 6.92 Å². The molecule has 0 aliphatic carbocycles. The van der Waals surface area contributed by atoms with E-state index in [1.54, 1.807) is 28.0 Å². The first-order chi connectivity index (χ1) is 12.7. The minimum atomic E-state index is 0.0838. The maximum absolute atomic E-state index is 12.5. The molecular formula is C19H21N3O2S2. The summed E-state index contributed by atoms with van der Waals surface area (Å²) in [7, 11) is 0. The van der Waals surface area contributed by atoms with Gasteiger partial charge in [-0.25, -0.2) is 0 Å². The molecule has 0 saturated carbocycles. The molecule has 26 heavy (non-hydrogen) atoms. The Bertz CT molecular complexity index is 829. The molecular weight excluding hydrogens is 366 g/mol. The van der Waals surface area contributed by atoms with Crippen LogP contribution in [0.2, 0.25) is 0 Å². The van der Waals surface area contributed by atoms with Crippen molar-refractivity contribution in [3.8, 4) is 10.7 Å². The number of thiophene rings is 1. The van der Waals surface area contributed by atoms with E-state index in [0.29, 0.717) is 30.6 Å². The highest BCUT2D eigenvalue weighted by molar-refractivity contribution is 7.99. The summed E-state index contributed by atoms with van der Waals surface area (Å²) >= 11 is 3.18. The van der Waals surface area contributed by atoms with Gasteiger partial charge in [-0.1, -0.05) is 41.1 Å². The third-order valence-corrected chi connectivity index (χ3v) is 5.74. The lowest BCUT2D eigenvalue weighted by Crippen LogP contribution is -2.31. The second-order valence-corrected chi connectivity index (χ2v) is 7.81. The summed E-state index contributed by atoms with van der Waals surface area (Å²) in [5.74, 6) is 2.39. The van der Waals surface area contributed by atoms with Gasteiger partial charge in [-0.3, -0.25) is 4.79 Å². The van der Waals surface area contributed by atoms with Gasteiger partial charge in [0.2, 0.25) is 17.6 Å². The van der Waals surface area contributed by atoms with E-state index >= 15 is 0 Å². The molecule has 3 rings (SSSR count). The molecule has 3 aromatic rings. The van der Waals surface area contributed by atoms with Crippen molar-refractivity contribution in [1.29, 1.82) is 0 Å². The number of carbonyl (C=O) groups is 1. The van der Waals surface area contributed by atoms with E-state index < -0.39 is 0 Å². The molecule has 0 fully saturated rings. The molecule has 0 saturated heterocycles. The Morgan fingerprint density at radius 3 is 2.77 bits per heavy atom. The largest absolute Gasteiger partial charge is 0.337 e. The Hall–Kier alpha value is -2.12. The van der Waals surface area contributed by atoms with Crippen LogP contribution in [-0.2, 0) is 17.1 Å². The number of amides is 1. The van der Waals surface area contributed by atoms with Gasteiger partial charge in [0, 0.05) is 12.3 Å². The Morgan fingerprint density at radius 1 is 1.27 bits per heavy atom. The number of hydrogen-bond donors (Lipinski definition) is 0. The van der Waals surface area contributed by atoms with Gasteiger partial charge in [-0.05, 0) is 30.9 Å². The van der Waals surface area contributed by atoms with Crippen molar-refractivity contribution >= 4 is 29.0 Å². The first kappa shape index (κ1) is 18.7. The molecule has 5 nitrogen and oxygen atoms in total. The van der Waals surface area contributed by atoms with Crippen LogP contribution in [0.5, 0.6) is 0 Å². The van der Waals surface area contributed by atoms with E-state index in [1.807, 2.05) is 24.4 Å². The lowest BCUT2D eigenvalue weighted by atomic mass is 10.2. The predicted octanol–water partition coefficient (Wildman–Crippen LogP) is 4.39. The quantitative estimate of drug-likeness (QED) is 0.574. The Kier molecular flexibility index (Phi) is 6.46. The van der Waals surface area contributed by atoms with Gasteiger partial charge in [-0.2, -0.15) is 4.98 Å². The Labute approximate surface area is 161 Å². The van der Waals surface area contributed by atoms with Crippen LogP contribution in [0.25, 0.3) is 10.7 Å². The van der Waals surface area contributed by atoms with E-state index in [0.717, 1.165) is 10.6 Å². The summed E-state index contributed by atoms with van der Waals surface area (Å²) in [4.78, 5) is 19.6. The molecule has 2 heterocycles. The number of aryl methyl sites for hydroxylation is 1. The maximum Gasteiger partial charge on any atom is 0.246 e. The standard InChI is InChI=1S/C19H21N3O2S2/c1-3-22(11-17-20-19(21-24-17)16-5-4-10-26-16)18(23)13-25-12-15-8-6-14(2)7-9-15/h4-10H,3,11-13H2,1-2H3. The van der Waals surface area contributed by atoms with Gasteiger partial charge in [0.05, 0.1) is 17.2 Å². The van der Waals surface area contributed by atoms with E-state index in [2.05, 4.69) is 41.3 Å². The van der Waals surface area contributed by atoms with Crippen molar-refractivity contribution < 1.29 is 9.32 Å². The molecule has 0 unspecified atom stereocenters. The minimum absolute atomic E-state index is 0.0838. The highest BCUT2D eigenvalue weighted by Gasteiger charge is 2.17. The topological polar surface area (TPSA) is 59.2 Å². The van der Waals surface area contributed by atoms with Crippen LogP contribution in [-0.4, -0.2) is 33.2 Å². The monoisotopic (exact) mass is 387 g/mol. The first-order valence-electron chi connectivity index (χ1n) is 8.43. The Morgan fingerprint density at radius 2 is 2.08 bits per heavy atom. The van der Waals surface area contributed by atoms with Gasteiger partial charge < -0.3 is 9.42 Å². The van der Waals surface area contributed by atoms with Crippen molar-refractivity contribution in [2.45, 2.75) is 26.1 Å². The van der Waals surface area contributed by atoms with Gasteiger partial charge >= 0.3 is 0 Å². The molecule has 0 N–H and O–H groups in total. The lowest BCUT2D eigenvalue weighted by molar-refractivity contribution is -0.129. The van der Waals surface area contributed by atoms with E-state index in [9.17, 15) is 4.79 Å². The average molecular weight is 388 g/mol. The predicted molar refractivity (Wildman–Crippen MR) is 106 cm³/mol. The SMILES string of the molecule is CCN(Cc1nc(-c2cccs2)no1)C(=O)CSCc1ccc(C)cc1. The van der Waals surface area contributed by atoms with Crippen molar-refractivity contribution in [3.63, 3.8) is 0 Å². The summed E-state index contributed by atoms with van der Waals surface area (Å²) in [6, 6.07) is 12.3. The summed E-state index contributed by atoms with van der Waals surface area (Å²) in [6.45, 7) is 4.99. The third kappa shape index (κ3) is 4.95. The maximum atomic E-state index is 12.5. The molecule has 2 aromatic heterocycles. The van der Waals surface area contributed by atoms with Crippen LogP contribution in [0.3, 0.4) is 0 Å². The van der Waals surface area contributed by atoms with Crippen LogP contribution in [0.4, 0.5) is 0 Å². The van der Waals surface area contributed by atoms with E-state index in [4.69, 9.17) is 4.52 Å². The summed E-state index contributed by atoms with van der Waals surface area (Å²) in [5.41, 5.74) is 2.47. The fraction of sp³-hybridized carbons (Fsp3) is 0.316. The van der Waals surface area contributed by atoms with Crippen molar-refractivity contribution in [2.24, 2.45) is 0 Å². The zero-order chi connectivity index (χ0) is 18.4. The number of thioether (sulfide) groups is 1. The third-order valence-electron chi connectivity index (χ3n) is 3.89. The van der Waals surface area contributed by atoms with Gasteiger partial charge in [0.25, 0.3) is 0 Å². The Balaban J connectivity index is 1.51. The number of benzene rings is 1.